The first kappa shape index (κ1) is 21.5. The molecule has 0 saturated heterocycles. The summed E-state index contributed by atoms with van der Waals surface area (Å²) in [6.07, 6.45) is -1.87. The Morgan fingerprint density at radius 2 is 1.89 bits per heavy atom. The second-order valence-corrected chi connectivity index (χ2v) is 6.50. The lowest BCUT2D eigenvalue weighted by Gasteiger charge is -2.15. The molecule has 0 aliphatic carbocycles. The predicted octanol–water partition coefficient (Wildman–Crippen LogP) is 3.98. The monoisotopic (exact) mass is 393 g/mol. The van der Waals surface area contributed by atoms with Crippen molar-refractivity contribution in [2.24, 2.45) is 0 Å². The van der Waals surface area contributed by atoms with Crippen molar-refractivity contribution in [1.29, 1.82) is 0 Å². The lowest BCUT2D eigenvalue weighted by Crippen LogP contribution is -2.27. The first-order valence-electron chi connectivity index (χ1n) is 8.97. The number of carbonyl (C=O) groups is 2. The van der Waals surface area contributed by atoms with Crippen molar-refractivity contribution in [3.05, 3.63) is 59.2 Å². The van der Waals surface area contributed by atoms with E-state index in [4.69, 9.17) is 0 Å². The predicted molar refractivity (Wildman–Crippen MR) is 97.7 cm³/mol. The molecule has 8 heteroatoms. The van der Waals surface area contributed by atoms with Gasteiger partial charge in [-0.15, -0.1) is 0 Å². The Kier molecular flexibility index (Phi) is 7.25. The van der Waals surface area contributed by atoms with E-state index in [1.807, 2.05) is 0 Å². The largest absolute Gasteiger partial charge is 0.389 e. The number of hydrogen-bond acceptors (Lipinski definition) is 4. The molecule has 1 amide bonds. The molecular weight excluding hydrogens is 371 g/mol. The summed E-state index contributed by atoms with van der Waals surface area (Å²) in [6.45, 7) is 3.58. The van der Waals surface area contributed by atoms with E-state index in [9.17, 15) is 22.8 Å². The molecule has 0 bridgehead atoms. The van der Waals surface area contributed by atoms with Crippen molar-refractivity contribution in [3.63, 3.8) is 0 Å². The molecule has 1 N–H and O–H groups in total. The fourth-order valence-corrected chi connectivity index (χ4v) is 2.53. The number of aryl methyl sites for hydroxylation is 1. The number of amides is 1. The minimum atomic E-state index is -4.24. The summed E-state index contributed by atoms with van der Waals surface area (Å²) in [4.78, 5) is 32.0. The summed E-state index contributed by atoms with van der Waals surface area (Å²) >= 11 is 0. The molecule has 0 radical (unpaired) electrons. The lowest BCUT2D eigenvalue weighted by atomic mass is 10.1. The zero-order valence-corrected chi connectivity index (χ0v) is 15.7. The van der Waals surface area contributed by atoms with Crippen molar-refractivity contribution in [2.45, 2.75) is 51.7 Å². The molecule has 0 aromatic carbocycles. The number of carbonyl (C=O) groups excluding carboxylic acids is 2. The third-order valence-electron chi connectivity index (χ3n) is 4.21. The zero-order chi connectivity index (χ0) is 20.7. The topological polar surface area (TPSA) is 72.0 Å². The highest BCUT2D eigenvalue weighted by Gasteiger charge is 2.26. The molecule has 0 saturated carbocycles. The fourth-order valence-electron chi connectivity index (χ4n) is 2.53. The van der Waals surface area contributed by atoms with Gasteiger partial charge in [-0.3, -0.25) is 19.6 Å². The Labute approximate surface area is 161 Å². The van der Waals surface area contributed by atoms with Crippen molar-refractivity contribution < 1.29 is 22.8 Å². The molecular formula is C20H22F3N3O2. The van der Waals surface area contributed by atoms with E-state index < -0.39 is 12.6 Å². The van der Waals surface area contributed by atoms with E-state index in [1.165, 1.54) is 18.3 Å². The van der Waals surface area contributed by atoms with Gasteiger partial charge >= 0.3 is 6.18 Å². The third-order valence-corrected chi connectivity index (χ3v) is 4.21. The summed E-state index contributed by atoms with van der Waals surface area (Å²) in [5.74, 6) is -0.302. The highest BCUT2D eigenvalue weighted by atomic mass is 19.4. The quantitative estimate of drug-likeness (QED) is 0.736. The van der Waals surface area contributed by atoms with Crippen molar-refractivity contribution in [3.8, 4) is 0 Å². The summed E-state index contributed by atoms with van der Waals surface area (Å²) in [7, 11) is 0. The van der Waals surface area contributed by atoms with Crippen molar-refractivity contribution in [2.75, 3.05) is 0 Å². The first-order chi connectivity index (χ1) is 13.2. The molecule has 2 rings (SSSR count). The van der Waals surface area contributed by atoms with Crippen LogP contribution in [0.15, 0.2) is 36.7 Å². The summed E-state index contributed by atoms with van der Waals surface area (Å²) < 4.78 is 36.8. The van der Waals surface area contributed by atoms with Gasteiger partial charge in [-0.2, -0.15) is 13.2 Å². The van der Waals surface area contributed by atoms with E-state index in [0.717, 1.165) is 5.56 Å². The van der Waals surface area contributed by atoms with Crippen LogP contribution in [-0.4, -0.2) is 27.8 Å². The highest BCUT2D eigenvalue weighted by Crippen LogP contribution is 2.21. The molecule has 2 heterocycles. The molecule has 1 unspecified atom stereocenters. The van der Waals surface area contributed by atoms with E-state index >= 15 is 0 Å². The van der Waals surface area contributed by atoms with Crippen LogP contribution in [0.4, 0.5) is 13.2 Å². The van der Waals surface area contributed by atoms with E-state index in [1.54, 1.807) is 32.2 Å². The van der Waals surface area contributed by atoms with Crippen LogP contribution in [0.25, 0.3) is 0 Å². The number of nitrogens with zero attached hydrogens (tertiary/aromatic N) is 2. The van der Waals surface area contributed by atoms with Crippen LogP contribution in [0.2, 0.25) is 0 Å². The van der Waals surface area contributed by atoms with Gasteiger partial charge in [-0.25, -0.2) is 0 Å². The average molecular weight is 393 g/mol. The molecule has 5 nitrogen and oxygen atoms in total. The number of pyridine rings is 2. The SMILES string of the molecule is CCC(=O)Cc1cc(C(C)NC(=O)c2ccc(CCC(F)(F)F)nc2)ccn1. The molecule has 0 aliphatic rings. The fraction of sp³-hybridized carbons (Fsp3) is 0.400. The first-order valence-corrected chi connectivity index (χ1v) is 8.97. The van der Waals surface area contributed by atoms with Gasteiger partial charge in [0.25, 0.3) is 5.91 Å². The molecule has 0 fully saturated rings. The van der Waals surface area contributed by atoms with Crippen molar-refractivity contribution in [1.82, 2.24) is 15.3 Å². The van der Waals surface area contributed by atoms with Gasteiger partial charge in [-0.1, -0.05) is 6.92 Å². The van der Waals surface area contributed by atoms with Crippen LogP contribution < -0.4 is 5.32 Å². The molecule has 150 valence electrons. The van der Waals surface area contributed by atoms with Crippen LogP contribution in [0.1, 0.15) is 60.0 Å². The molecule has 0 aliphatic heterocycles. The number of hydrogen-bond donors (Lipinski definition) is 1. The summed E-state index contributed by atoms with van der Waals surface area (Å²) in [5.41, 5.74) is 1.98. The molecule has 2 aromatic heterocycles. The smallest absolute Gasteiger partial charge is 0.345 e. The molecule has 28 heavy (non-hydrogen) atoms. The minimum absolute atomic E-state index is 0.0815. The van der Waals surface area contributed by atoms with Gasteiger partial charge in [0.2, 0.25) is 0 Å². The van der Waals surface area contributed by atoms with Gasteiger partial charge in [0.05, 0.1) is 11.6 Å². The molecule has 2 aromatic rings. The zero-order valence-electron chi connectivity index (χ0n) is 15.7. The van der Waals surface area contributed by atoms with Crippen LogP contribution in [0.3, 0.4) is 0 Å². The normalized spacial score (nSPS) is 12.5. The van der Waals surface area contributed by atoms with Gasteiger partial charge in [0, 0.05) is 43.0 Å². The Bertz CT molecular complexity index is 820. The Hall–Kier alpha value is -2.77. The number of halogens is 3. The number of aromatic nitrogens is 2. The molecule has 1 atom stereocenters. The van der Waals surface area contributed by atoms with Gasteiger partial charge < -0.3 is 5.32 Å². The lowest BCUT2D eigenvalue weighted by molar-refractivity contribution is -0.134. The van der Waals surface area contributed by atoms with Gasteiger partial charge in [0.1, 0.15) is 5.78 Å². The van der Waals surface area contributed by atoms with Crippen LogP contribution in [-0.2, 0) is 17.6 Å². The number of rotatable bonds is 8. The third kappa shape index (κ3) is 6.75. The summed E-state index contributed by atoms with van der Waals surface area (Å²) in [5, 5.41) is 2.81. The minimum Gasteiger partial charge on any atom is -0.345 e. The van der Waals surface area contributed by atoms with Gasteiger partial charge in [-0.05, 0) is 43.2 Å². The van der Waals surface area contributed by atoms with E-state index in [2.05, 4.69) is 15.3 Å². The van der Waals surface area contributed by atoms with E-state index in [0.29, 0.717) is 12.1 Å². The molecule has 0 spiro atoms. The second kappa shape index (κ2) is 9.43. The Morgan fingerprint density at radius 1 is 1.14 bits per heavy atom. The van der Waals surface area contributed by atoms with E-state index in [-0.39, 0.29) is 41.8 Å². The standard InChI is InChI=1S/C20H22F3N3O2/c1-3-18(27)11-17-10-14(7-9-24-17)13(2)26-19(28)15-4-5-16(25-12-15)6-8-20(21,22)23/h4-5,7,9-10,12-13H,3,6,8,11H2,1-2H3,(H,26,28). The average Bonchev–Trinajstić information content (AvgIpc) is 2.66. The van der Waals surface area contributed by atoms with Crippen LogP contribution in [0.5, 0.6) is 0 Å². The van der Waals surface area contributed by atoms with Crippen LogP contribution in [0, 0.1) is 0 Å². The highest BCUT2D eigenvalue weighted by molar-refractivity contribution is 5.94. The maximum Gasteiger partial charge on any atom is 0.389 e. The summed E-state index contributed by atoms with van der Waals surface area (Å²) in [6, 6.07) is 6.07. The number of nitrogens with one attached hydrogen (secondary N) is 1. The van der Waals surface area contributed by atoms with Crippen LogP contribution >= 0.6 is 0 Å². The maximum atomic E-state index is 12.4. The maximum absolute atomic E-state index is 12.4. The Morgan fingerprint density at radius 3 is 2.50 bits per heavy atom. The second-order valence-electron chi connectivity index (χ2n) is 6.50. The number of Topliss-reactive ketones (excluding diaryl/α,β-unsaturated/α-hetero) is 1. The number of alkyl halides is 3. The van der Waals surface area contributed by atoms with Crippen molar-refractivity contribution >= 4 is 11.7 Å². The van der Waals surface area contributed by atoms with Gasteiger partial charge in [0.15, 0.2) is 0 Å². The Balaban J connectivity index is 1.98. The number of ketones is 1.